The van der Waals surface area contributed by atoms with Crippen LogP contribution in [0.1, 0.15) is 47.9 Å². The summed E-state index contributed by atoms with van der Waals surface area (Å²) in [5.74, 6) is -1.85. The van der Waals surface area contributed by atoms with E-state index >= 15 is 0 Å². The fourth-order valence-corrected chi connectivity index (χ4v) is 7.59. The highest BCUT2D eigenvalue weighted by atomic mass is 35.5. The lowest BCUT2D eigenvalue weighted by Gasteiger charge is -2.34. The van der Waals surface area contributed by atoms with Gasteiger partial charge in [0, 0.05) is 19.0 Å². The maximum atomic E-state index is 14.6. The fraction of sp³-hybridized carbons (Fsp3) is 0.297. The van der Waals surface area contributed by atoms with E-state index in [1.165, 1.54) is 53.4 Å². The van der Waals surface area contributed by atoms with Gasteiger partial charge in [-0.3, -0.25) is 13.9 Å². The summed E-state index contributed by atoms with van der Waals surface area (Å²) in [6.45, 7) is 0.559. The van der Waals surface area contributed by atoms with Gasteiger partial charge in [0.1, 0.15) is 18.4 Å². The van der Waals surface area contributed by atoms with Crippen molar-refractivity contribution in [2.75, 3.05) is 10.8 Å². The van der Waals surface area contributed by atoms with Crippen molar-refractivity contribution in [1.82, 2.24) is 10.2 Å². The SMILES string of the molecule is Cc1ccc(S(=O)(=O)N(CC(=O)N(Cc2ccc(F)cc2)[C@@H](Cc2ccccc2)C(=O)NC2CCCC2)c2ccc(Cl)c(C(F)(F)F)c2)cc1. The van der Waals surface area contributed by atoms with Gasteiger partial charge in [0.15, 0.2) is 0 Å². The van der Waals surface area contributed by atoms with Crippen molar-refractivity contribution in [1.29, 1.82) is 0 Å². The molecule has 5 rings (SSSR count). The van der Waals surface area contributed by atoms with E-state index in [1.54, 1.807) is 37.3 Å². The van der Waals surface area contributed by atoms with Gasteiger partial charge in [0.05, 0.1) is 21.2 Å². The lowest BCUT2D eigenvalue weighted by Crippen LogP contribution is -2.54. The topological polar surface area (TPSA) is 86.8 Å². The molecule has 0 saturated heterocycles. The molecule has 0 bridgehead atoms. The van der Waals surface area contributed by atoms with Crippen LogP contribution in [0.3, 0.4) is 0 Å². The predicted octanol–water partition coefficient (Wildman–Crippen LogP) is 7.70. The van der Waals surface area contributed by atoms with Crippen LogP contribution in [-0.4, -0.2) is 43.8 Å². The highest BCUT2D eigenvalue weighted by molar-refractivity contribution is 7.92. The Labute approximate surface area is 293 Å². The molecular weight excluding hydrogens is 694 g/mol. The Morgan fingerprint density at radius 2 is 1.54 bits per heavy atom. The first-order valence-electron chi connectivity index (χ1n) is 16.1. The molecule has 4 aromatic rings. The molecule has 264 valence electrons. The first-order chi connectivity index (χ1) is 23.7. The highest BCUT2D eigenvalue weighted by Gasteiger charge is 2.38. The summed E-state index contributed by atoms with van der Waals surface area (Å²) in [4.78, 5) is 29.6. The maximum absolute atomic E-state index is 14.6. The molecular formula is C37H36ClF4N3O4S. The number of carbonyl (C=O) groups is 2. The van der Waals surface area contributed by atoms with Crippen molar-refractivity contribution in [3.63, 3.8) is 0 Å². The van der Waals surface area contributed by atoms with E-state index in [1.807, 2.05) is 0 Å². The molecule has 0 aliphatic heterocycles. The average Bonchev–Trinajstić information content (AvgIpc) is 3.59. The van der Waals surface area contributed by atoms with Gasteiger partial charge in [0.2, 0.25) is 11.8 Å². The minimum atomic E-state index is -4.93. The molecule has 0 spiro atoms. The van der Waals surface area contributed by atoms with Crippen molar-refractivity contribution < 1.29 is 35.6 Å². The molecule has 4 aromatic carbocycles. The van der Waals surface area contributed by atoms with Crippen LogP contribution in [0.5, 0.6) is 0 Å². The van der Waals surface area contributed by atoms with Crippen LogP contribution in [0.2, 0.25) is 5.02 Å². The lowest BCUT2D eigenvalue weighted by atomic mass is 10.0. The van der Waals surface area contributed by atoms with Crippen molar-refractivity contribution in [3.8, 4) is 0 Å². The molecule has 50 heavy (non-hydrogen) atoms. The molecule has 1 N–H and O–H groups in total. The van der Waals surface area contributed by atoms with Gasteiger partial charge in [-0.05, 0) is 73.4 Å². The van der Waals surface area contributed by atoms with Gasteiger partial charge in [-0.15, -0.1) is 0 Å². The standard InChI is InChI=1S/C37H36ClF4N3O4S/c1-25-11-18-31(19-12-25)50(48,49)45(30-17-20-33(38)32(22-30)37(40,41)42)24-35(46)44(23-27-13-15-28(39)16-14-27)34(21-26-7-3-2-4-8-26)36(47)43-29-9-5-6-10-29/h2-4,7-8,11-20,22,29,34H,5-6,9-10,21,23-24H2,1H3,(H,43,47)/t34-/m0/s1. The number of rotatable bonds is 12. The van der Waals surface area contributed by atoms with Crippen molar-refractivity contribution >= 4 is 39.1 Å². The van der Waals surface area contributed by atoms with Crippen LogP contribution in [0, 0.1) is 12.7 Å². The van der Waals surface area contributed by atoms with Crippen molar-refractivity contribution in [2.45, 2.75) is 68.7 Å². The Bertz CT molecular complexity index is 1900. The molecule has 0 heterocycles. The first-order valence-corrected chi connectivity index (χ1v) is 17.9. The number of sulfonamides is 1. The number of carbonyl (C=O) groups excluding carboxylic acids is 2. The number of anilines is 1. The smallest absolute Gasteiger partial charge is 0.352 e. The number of aryl methyl sites for hydroxylation is 1. The quantitative estimate of drug-likeness (QED) is 0.152. The predicted molar refractivity (Wildman–Crippen MR) is 183 cm³/mol. The van der Waals surface area contributed by atoms with Crippen LogP contribution in [-0.2, 0) is 38.8 Å². The molecule has 0 aromatic heterocycles. The number of alkyl halides is 3. The fourth-order valence-electron chi connectivity index (χ4n) is 5.96. The highest BCUT2D eigenvalue weighted by Crippen LogP contribution is 2.38. The van der Waals surface area contributed by atoms with E-state index in [4.69, 9.17) is 11.6 Å². The van der Waals surface area contributed by atoms with Gasteiger partial charge >= 0.3 is 6.18 Å². The summed E-state index contributed by atoms with van der Waals surface area (Å²) in [5, 5.41) is 2.39. The maximum Gasteiger partial charge on any atom is 0.417 e. The van der Waals surface area contributed by atoms with Crippen LogP contribution in [0.15, 0.2) is 102 Å². The molecule has 1 aliphatic carbocycles. The number of hydrogen-bond donors (Lipinski definition) is 1. The third kappa shape index (κ3) is 9.02. The van der Waals surface area contributed by atoms with Gasteiger partial charge in [0.25, 0.3) is 10.0 Å². The summed E-state index contributed by atoms with van der Waals surface area (Å²) in [5.41, 5.74) is 0.166. The number of nitrogens with one attached hydrogen (secondary N) is 1. The normalized spacial score (nSPS) is 14.3. The number of hydrogen-bond acceptors (Lipinski definition) is 4. The first kappa shape index (κ1) is 36.9. The van der Waals surface area contributed by atoms with Crippen LogP contribution in [0.4, 0.5) is 23.2 Å². The Morgan fingerprint density at radius 1 is 0.900 bits per heavy atom. The van der Waals surface area contributed by atoms with E-state index in [0.29, 0.717) is 21.5 Å². The van der Waals surface area contributed by atoms with Crippen LogP contribution in [0.25, 0.3) is 0 Å². The number of nitrogens with zero attached hydrogens (tertiary/aromatic N) is 2. The minimum absolute atomic E-state index is 0.0518. The summed E-state index contributed by atoms with van der Waals surface area (Å²) in [7, 11) is -4.65. The van der Waals surface area contributed by atoms with Crippen LogP contribution >= 0.6 is 11.6 Å². The second-order valence-corrected chi connectivity index (χ2v) is 14.6. The minimum Gasteiger partial charge on any atom is -0.352 e. The number of halogens is 5. The number of amides is 2. The molecule has 1 atom stereocenters. The Balaban J connectivity index is 1.61. The summed E-state index contributed by atoms with van der Waals surface area (Å²) >= 11 is 5.88. The molecule has 1 saturated carbocycles. The Kier molecular flexibility index (Phi) is 11.5. The summed E-state index contributed by atoms with van der Waals surface area (Å²) in [6.07, 6.45) is -1.49. The van der Waals surface area contributed by atoms with Crippen LogP contribution < -0.4 is 9.62 Å². The van der Waals surface area contributed by atoms with E-state index in [0.717, 1.165) is 43.4 Å². The largest absolute Gasteiger partial charge is 0.417 e. The lowest BCUT2D eigenvalue weighted by molar-refractivity contribution is -0.140. The molecule has 2 amide bonds. The zero-order valence-corrected chi connectivity index (χ0v) is 28.7. The molecule has 0 radical (unpaired) electrons. The summed E-state index contributed by atoms with van der Waals surface area (Å²) in [6, 6.07) is 21.2. The molecule has 1 fully saturated rings. The Morgan fingerprint density at radius 3 is 2.16 bits per heavy atom. The van der Waals surface area contributed by atoms with Gasteiger partial charge in [-0.25, -0.2) is 12.8 Å². The molecule has 1 aliphatic rings. The van der Waals surface area contributed by atoms with E-state index in [-0.39, 0.29) is 23.9 Å². The summed E-state index contributed by atoms with van der Waals surface area (Å²) < 4.78 is 84.8. The zero-order chi connectivity index (χ0) is 36.1. The van der Waals surface area contributed by atoms with Crippen molar-refractivity contribution in [3.05, 3.63) is 130 Å². The third-order valence-electron chi connectivity index (χ3n) is 8.67. The third-order valence-corrected chi connectivity index (χ3v) is 10.8. The molecule has 0 unspecified atom stereocenters. The van der Waals surface area contributed by atoms with Crippen molar-refractivity contribution in [2.24, 2.45) is 0 Å². The van der Waals surface area contributed by atoms with E-state index in [9.17, 15) is 35.6 Å². The monoisotopic (exact) mass is 729 g/mol. The Hall–Kier alpha value is -4.42. The van der Waals surface area contributed by atoms with Gasteiger partial charge in [-0.2, -0.15) is 13.2 Å². The zero-order valence-electron chi connectivity index (χ0n) is 27.2. The average molecular weight is 730 g/mol. The van der Waals surface area contributed by atoms with Gasteiger partial charge < -0.3 is 10.2 Å². The van der Waals surface area contributed by atoms with Gasteiger partial charge in [-0.1, -0.05) is 84.6 Å². The second-order valence-electron chi connectivity index (χ2n) is 12.3. The van der Waals surface area contributed by atoms with E-state index in [2.05, 4.69) is 5.32 Å². The number of benzene rings is 4. The van der Waals surface area contributed by atoms with E-state index < -0.39 is 62.7 Å². The molecule has 13 heteroatoms. The molecule has 7 nitrogen and oxygen atoms in total. The second kappa shape index (κ2) is 15.6.